The summed E-state index contributed by atoms with van der Waals surface area (Å²) in [6, 6.07) is 14.1. The number of rotatable bonds is 3. The largest absolute Gasteiger partial charge is 0.508 e. The van der Waals surface area contributed by atoms with Crippen molar-refractivity contribution in [1.29, 1.82) is 0 Å². The van der Waals surface area contributed by atoms with Gasteiger partial charge in [0.25, 0.3) is 0 Å². The average molecular weight is 297 g/mol. The van der Waals surface area contributed by atoms with Gasteiger partial charge in [-0.15, -0.1) is 0 Å². The predicted octanol–water partition coefficient (Wildman–Crippen LogP) is 4.24. The van der Waals surface area contributed by atoms with E-state index in [1.54, 1.807) is 17.8 Å². The van der Waals surface area contributed by atoms with Crippen molar-refractivity contribution in [3.05, 3.63) is 59.7 Å². The molecule has 3 rings (SSSR count). The van der Waals surface area contributed by atoms with Crippen LogP contribution in [0.2, 0.25) is 0 Å². The van der Waals surface area contributed by atoms with E-state index >= 15 is 0 Å². The molecule has 0 spiro atoms. The molecule has 0 aliphatic carbocycles. The maximum Gasteiger partial charge on any atom is 0.116 e. The highest BCUT2D eigenvalue weighted by molar-refractivity contribution is 7.99. The Morgan fingerprint density at radius 2 is 1.81 bits per heavy atom. The number of benzene rings is 2. The number of hydrogen-bond donors (Lipinski definition) is 1. The lowest BCUT2D eigenvalue weighted by Crippen LogP contribution is -2.12. The summed E-state index contributed by atoms with van der Waals surface area (Å²) < 4.78 is 0. The monoisotopic (exact) mass is 297 g/mol. The third kappa shape index (κ3) is 2.99. The molecule has 2 nitrogen and oxygen atoms in total. The molecule has 0 saturated heterocycles. The molecule has 2 aromatic rings. The summed E-state index contributed by atoms with van der Waals surface area (Å²) in [5, 5.41) is 9.82. The third-order valence-electron chi connectivity index (χ3n) is 3.58. The van der Waals surface area contributed by atoms with E-state index in [0.29, 0.717) is 5.75 Å². The van der Waals surface area contributed by atoms with Crippen molar-refractivity contribution >= 4 is 17.3 Å². The third-order valence-corrected chi connectivity index (χ3v) is 4.73. The molecule has 1 heterocycles. The molecule has 0 bridgehead atoms. The smallest absolute Gasteiger partial charge is 0.116 e. The summed E-state index contributed by atoms with van der Waals surface area (Å²) in [6.45, 7) is 1.02. The molecule has 108 valence electrons. The Bertz CT molecular complexity index is 691. The molecule has 0 saturated carbocycles. The molecule has 0 atom stereocenters. The topological polar surface area (TPSA) is 23.5 Å². The Labute approximate surface area is 130 Å². The van der Waals surface area contributed by atoms with Gasteiger partial charge in [-0.05, 0) is 61.5 Å². The molecule has 0 fully saturated rings. The van der Waals surface area contributed by atoms with E-state index < -0.39 is 0 Å². The highest BCUT2D eigenvalue weighted by Crippen LogP contribution is 2.46. The van der Waals surface area contributed by atoms with Gasteiger partial charge in [-0.2, -0.15) is 0 Å². The summed E-state index contributed by atoms with van der Waals surface area (Å²) in [4.78, 5) is 4.68. The number of fused-ring (bicyclic) bond motifs is 2. The Hall–Kier alpha value is -1.71. The van der Waals surface area contributed by atoms with E-state index in [0.717, 1.165) is 18.5 Å². The number of aromatic hydroxyl groups is 1. The van der Waals surface area contributed by atoms with Crippen molar-refractivity contribution in [3.8, 4) is 5.75 Å². The SMILES string of the molecule is CN(C)CC/C=C1\c2ccccc2Sc2ccc(O)cc21. The lowest BCUT2D eigenvalue weighted by Gasteiger charge is -2.22. The molecule has 1 N–H and O–H groups in total. The van der Waals surface area contributed by atoms with Crippen LogP contribution >= 0.6 is 11.8 Å². The van der Waals surface area contributed by atoms with Gasteiger partial charge in [-0.25, -0.2) is 0 Å². The highest BCUT2D eigenvalue weighted by atomic mass is 32.2. The molecule has 0 amide bonds. The van der Waals surface area contributed by atoms with Crippen LogP contribution in [0.1, 0.15) is 17.5 Å². The lowest BCUT2D eigenvalue weighted by atomic mass is 9.96. The van der Waals surface area contributed by atoms with Crippen LogP contribution in [0, 0.1) is 0 Å². The van der Waals surface area contributed by atoms with Crippen molar-refractivity contribution in [3.63, 3.8) is 0 Å². The molecule has 1 aliphatic heterocycles. The maximum absolute atomic E-state index is 9.82. The summed E-state index contributed by atoms with van der Waals surface area (Å²) >= 11 is 1.77. The second kappa shape index (κ2) is 5.96. The molecule has 0 radical (unpaired) electrons. The fourth-order valence-corrected chi connectivity index (χ4v) is 3.63. The van der Waals surface area contributed by atoms with Gasteiger partial charge in [0, 0.05) is 16.3 Å². The molecule has 1 aliphatic rings. The van der Waals surface area contributed by atoms with Crippen molar-refractivity contribution < 1.29 is 5.11 Å². The van der Waals surface area contributed by atoms with Gasteiger partial charge < -0.3 is 10.0 Å². The Kier molecular flexibility index (Phi) is 4.04. The van der Waals surface area contributed by atoms with Crippen LogP contribution in [0.3, 0.4) is 0 Å². The number of phenolic OH excluding ortho intramolecular Hbond substituents is 1. The summed E-state index contributed by atoms with van der Waals surface area (Å²) in [7, 11) is 4.17. The van der Waals surface area contributed by atoms with Crippen molar-refractivity contribution in [2.45, 2.75) is 16.2 Å². The molecular weight excluding hydrogens is 278 g/mol. The van der Waals surface area contributed by atoms with Gasteiger partial charge >= 0.3 is 0 Å². The molecular formula is C18H19NOS. The fraction of sp³-hybridized carbons (Fsp3) is 0.222. The van der Waals surface area contributed by atoms with Crippen molar-refractivity contribution in [1.82, 2.24) is 4.90 Å². The first-order valence-corrected chi connectivity index (χ1v) is 7.92. The van der Waals surface area contributed by atoms with Crippen LogP contribution in [0.5, 0.6) is 5.75 Å². The zero-order valence-corrected chi connectivity index (χ0v) is 13.2. The summed E-state index contributed by atoms with van der Waals surface area (Å²) in [5.74, 6) is 0.326. The van der Waals surface area contributed by atoms with Crippen LogP contribution in [-0.2, 0) is 0 Å². The Morgan fingerprint density at radius 3 is 2.62 bits per heavy atom. The Morgan fingerprint density at radius 1 is 1.05 bits per heavy atom. The van der Waals surface area contributed by atoms with Gasteiger partial charge in [0.05, 0.1) is 0 Å². The normalized spacial score (nSPS) is 15.1. The van der Waals surface area contributed by atoms with Gasteiger partial charge in [-0.3, -0.25) is 0 Å². The molecule has 0 unspecified atom stereocenters. The van der Waals surface area contributed by atoms with Crippen LogP contribution in [0.25, 0.3) is 5.57 Å². The second-order valence-corrected chi connectivity index (χ2v) is 6.57. The maximum atomic E-state index is 9.82. The van der Waals surface area contributed by atoms with E-state index in [1.807, 2.05) is 12.1 Å². The van der Waals surface area contributed by atoms with Gasteiger partial charge in [-0.1, -0.05) is 36.0 Å². The first-order valence-electron chi connectivity index (χ1n) is 7.10. The number of phenols is 1. The van der Waals surface area contributed by atoms with Crippen LogP contribution < -0.4 is 0 Å². The Balaban J connectivity index is 2.06. The van der Waals surface area contributed by atoms with Crippen molar-refractivity contribution in [2.24, 2.45) is 0 Å². The predicted molar refractivity (Wildman–Crippen MR) is 88.9 cm³/mol. The van der Waals surface area contributed by atoms with Gasteiger partial charge in [0.1, 0.15) is 5.75 Å². The minimum atomic E-state index is 0.326. The quantitative estimate of drug-likeness (QED) is 0.782. The van der Waals surface area contributed by atoms with Gasteiger partial charge in [0.2, 0.25) is 0 Å². The van der Waals surface area contributed by atoms with Crippen molar-refractivity contribution in [2.75, 3.05) is 20.6 Å². The van der Waals surface area contributed by atoms with E-state index in [2.05, 4.69) is 49.3 Å². The van der Waals surface area contributed by atoms with E-state index in [4.69, 9.17) is 0 Å². The second-order valence-electron chi connectivity index (χ2n) is 5.49. The summed E-state index contributed by atoms with van der Waals surface area (Å²) in [6.07, 6.45) is 3.28. The zero-order valence-electron chi connectivity index (χ0n) is 12.3. The average Bonchev–Trinajstić information content (AvgIpc) is 2.46. The molecule has 3 heteroatoms. The fourth-order valence-electron chi connectivity index (χ4n) is 2.55. The number of hydrogen-bond acceptors (Lipinski definition) is 3. The number of nitrogens with zero attached hydrogens (tertiary/aromatic N) is 1. The van der Waals surface area contributed by atoms with Crippen LogP contribution in [0.4, 0.5) is 0 Å². The lowest BCUT2D eigenvalue weighted by molar-refractivity contribution is 0.417. The zero-order chi connectivity index (χ0) is 14.8. The molecule has 2 aromatic carbocycles. The van der Waals surface area contributed by atoms with E-state index in [1.165, 1.54) is 20.9 Å². The van der Waals surface area contributed by atoms with Crippen LogP contribution in [-0.4, -0.2) is 30.6 Å². The van der Waals surface area contributed by atoms with E-state index in [9.17, 15) is 5.11 Å². The standard InChI is InChI=1S/C18H19NOS/c1-19(2)11-5-7-14-15-6-3-4-8-17(15)21-18-10-9-13(20)12-16(14)18/h3-4,6-10,12,20H,5,11H2,1-2H3/b14-7+. The van der Waals surface area contributed by atoms with E-state index in [-0.39, 0.29) is 0 Å². The first-order chi connectivity index (χ1) is 10.1. The highest BCUT2D eigenvalue weighted by Gasteiger charge is 2.20. The first kappa shape index (κ1) is 14.2. The minimum absolute atomic E-state index is 0.326. The minimum Gasteiger partial charge on any atom is -0.508 e. The molecule has 0 aromatic heterocycles. The van der Waals surface area contributed by atoms with Gasteiger partial charge in [0.15, 0.2) is 0 Å². The van der Waals surface area contributed by atoms with Crippen LogP contribution in [0.15, 0.2) is 58.3 Å². The summed E-state index contributed by atoms with van der Waals surface area (Å²) in [5.41, 5.74) is 3.63. The molecule has 21 heavy (non-hydrogen) atoms.